The van der Waals surface area contributed by atoms with Gasteiger partial charge in [-0.05, 0) is 30.3 Å². The first-order chi connectivity index (χ1) is 14.1. The van der Waals surface area contributed by atoms with Crippen molar-refractivity contribution in [1.29, 1.82) is 5.26 Å². The minimum Gasteiger partial charge on any atom is -0.488 e. The number of alkyl halides is 2. The average Bonchev–Trinajstić information content (AvgIpc) is 3.15. The first kappa shape index (κ1) is 18.2. The van der Waals surface area contributed by atoms with Crippen LogP contribution in [0.5, 0.6) is 5.75 Å². The molecule has 0 aliphatic heterocycles. The highest BCUT2D eigenvalue weighted by atomic mass is 19.3. The summed E-state index contributed by atoms with van der Waals surface area (Å²) in [5.74, 6) is 0.667. The maximum absolute atomic E-state index is 12.2. The molecule has 0 aliphatic carbocycles. The molecule has 0 saturated carbocycles. The van der Waals surface area contributed by atoms with Crippen LogP contribution in [0.3, 0.4) is 0 Å². The number of nitriles is 1. The van der Waals surface area contributed by atoms with Gasteiger partial charge in [0, 0.05) is 36.0 Å². The third-order valence-corrected chi connectivity index (χ3v) is 3.88. The molecule has 3 heterocycles. The van der Waals surface area contributed by atoms with Crippen molar-refractivity contribution in [3.05, 3.63) is 60.7 Å². The zero-order chi connectivity index (χ0) is 20.2. The van der Waals surface area contributed by atoms with Crippen molar-refractivity contribution < 1.29 is 13.5 Å². The highest BCUT2D eigenvalue weighted by Crippen LogP contribution is 2.23. The van der Waals surface area contributed by atoms with Crippen LogP contribution in [0.4, 0.5) is 20.4 Å². The van der Waals surface area contributed by atoms with Gasteiger partial charge in [-0.3, -0.25) is 9.97 Å². The van der Waals surface area contributed by atoms with Gasteiger partial charge in [0.1, 0.15) is 24.1 Å². The fourth-order valence-corrected chi connectivity index (χ4v) is 2.63. The molecule has 0 unspecified atom stereocenters. The minimum atomic E-state index is -2.53. The molecule has 0 saturated heterocycles. The van der Waals surface area contributed by atoms with Gasteiger partial charge >= 0.3 is 0 Å². The van der Waals surface area contributed by atoms with Gasteiger partial charge in [-0.1, -0.05) is 0 Å². The molecule has 0 aliphatic rings. The van der Waals surface area contributed by atoms with E-state index in [4.69, 9.17) is 10.00 Å². The number of nitrogens with one attached hydrogen (secondary N) is 1. The lowest BCUT2D eigenvalue weighted by Crippen LogP contribution is -2.06. The Hall–Kier alpha value is -4.13. The summed E-state index contributed by atoms with van der Waals surface area (Å²) in [6.07, 6.45) is 3.77. The molecule has 4 aromatic rings. The first-order valence-corrected chi connectivity index (χ1v) is 8.47. The molecule has 8 nitrogen and oxygen atoms in total. The second kappa shape index (κ2) is 7.85. The quantitative estimate of drug-likeness (QED) is 0.535. The summed E-state index contributed by atoms with van der Waals surface area (Å²) in [6.45, 7) is -0.654. The summed E-state index contributed by atoms with van der Waals surface area (Å²) in [5, 5.41) is 16.5. The van der Waals surface area contributed by atoms with E-state index in [2.05, 4.69) is 25.4 Å². The van der Waals surface area contributed by atoms with Gasteiger partial charge in [-0.15, -0.1) is 5.10 Å². The molecule has 144 valence electrons. The molecule has 3 aromatic heterocycles. The highest BCUT2D eigenvalue weighted by molar-refractivity contribution is 5.74. The van der Waals surface area contributed by atoms with Crippen molar-refractivity contribution in [3.8, 4) is 23.1 Å². The average molecular weight is 393 g/mol. The number of pyridine rings is 1. The Labute approximate surface area is 163 Å². The van der Waals surface area contributed by atoms with E-state index in [0.29, 0.717) is 39.9 Å². The lowest BCUT2D eigenvalue weighted by molar-refractivity contribution is 0.0819. The van der Waals surface area contributed by atoms with E-state index in [0.717, 1.165) is 0 Å². The number of hydrogen-bond acceptors (Lipinski definition) is 7. The van der Waals surface area contributed by atoms with Crippen LogP contribution in [-0.4, -0.2) is 37.6 Å². The molecule has 0 amide bonds. The van der Waals surface area contributed by atoms with Crippen LogP contribution < -0.4 is 10.1 Å². The number of nitrogens with zero attached hydrogens (tertiary/aromatic N) is 6. The third-order valence-electron chi connectivity index (χ3n) is 3.88. The second-order valence-corrected chi connectivity index (χ2v) is 5.90. The lowest BCUT2D eigenvalue weighted by atomic mass is 10.1. The Bertz CT molecular complexity index is 1190. The summed E-state index contributed by atoms with van der Waals surface area (Å²) in [4.78, 5) is 12.9. The van der Waals surface area contributed by atoms with E-state index in [1.165, 1.54) is 6.20 Å². The summed E-state index contributed by atoms with van der Waals surface area (Å²) in [6, 6.07) is 10.2. The third kappa shape index (κ3) is 4.08. The van der Waals surface area contributed by atoms with Gasteiger partial charge < -0.3 is 10.1 Å². The number of rotatable bonds is 6. The maximum Gasteiger partial charge on any atom is 0.272 e. The van der Waals surface area contributed by atoms with Crippen molar-refractivity contribution in [2.24, 2.45) is 0 Å². The smallest absolute Gasteiger partial charge is 0.272 e. The summed E-state index contributed by atoms with van der Waals surface area (Å²) >= 11 is 0. The van der Waals surface area contributed by atoms with Gasteiger partial charge in [0.25, 0.3) is 6.43 Å². The predicted molar refractivity (Wildman–Crippen MR) is 100.0 cm³/mol. The predicted octanol–water partition coefficient (Wildman–Crippen LogP) is 3.45. The van der Waals surface area contributed by atoms with Crippen molar-refractivity contribution >= 4 is 17.3 Å². The summed E-state index contributed by atoms with van der Waals surface area (Å²) in [5.41, 5.74) is 2.75. The summed E-state index contributed by atoms with van der Waals surface area (Å²) < 4.78 is 30.9. The van der Waals surface area contributed by atoms with Crippen molar-refractivity contribution in [2.45, 2.75) is 6.43 Å². The van der Waals surface area contributed by atoms with Gasteiger partial charge in [0.15, 0.2) is 5.65 Å². The fourth-order valence-electron chi connectivity index (χ4n) is 2.63. The van der Waals surface area contributed by atoms with E-state index in [9.17, 15) is 8.78 Å². The molecular formula is C19H13F2N7O. The molecule has 29 heavy (non-hydrogen) atoms. The summed E-state index contributed by atoms with van der Waals surface area (Å²) in [7, 11) is 0. The number of hydrogen-bond donors (Lipinski definition) is 1. The molecule has 4 rings (SSSR count). The van der Waals surface area contributed by atoms with Crippen LogP contribution in [0.1, 0.15) is 5.56 Å². The topological polar surface area (TPSA) is 101 Å². The fraction of sp³-hybridized carbons (Fsp3) is 0.105. The van der Waals surface area contributed by atoms with Gasteiger partial charge in [-0.2, -0.15) is 10.2 Å². The van der Waals surface area contributed by atoms with Crippen LogP contribution in [0.25, 0.3) is 16.9 Å². The SMILES string of the molecule is N#Cc1cncc(-c2nccn3nc(Nc4ccc(OCC(F)F)cc4)nc23)c1. The number of anilines is 2. The second-order valence-electron chi connectivity index (χ2n) is 5.90. The van der Waals surface area contributed by atoms with Crippen molar-refractivity contribution in [3.63, 3.8) is 0 Å². The standard InChI is InChI=1S/C19H13F2N7O/c20-16(21)11-29-15-3-1-14(2-4-15)25-19-26-18-17(24-5-6-28(18)27-19)13-7-12(8-22)9-23-10-13/h1-7,9-10,16H,11H2,(H,25,27). The molecular weight excluding hydrogens is 380 g/mol. The number of ether oxygens (including phenoxy) is 1. The molecule has 1 N–H and O–H groups in total. The zero-order valence-electron chi connectivity index (χ0n) is 14.8. The van der Waals surface area contributed by atoms with Crippen LogP contribution in [0, 0.1) is 11.3 Å². The zero-order valence-corrected chi connectivity index (χ0v) is 14.8. The molecule has 10 heteroatoms. The van der Waals surface area contributed by atoms with Crippen molar-refractivity contribution in [2.75, 3.05) is 11.9 Å². The van der Waals surface area contributed by atoms with Gasteiger partial charge in [0.2, 0.25) is 5.95 Å². The van der Waals surface area contributed by atoms with Gasteiger partial charge in [0.05, 0.1) is 5.56 Å². The first-order valence-electron chi connectivity index (χ1n) is 8.47. The number of fused-ring (bicyclic) bond motifs is 1. The lowest BCUT2D eigenvalue weighted by Gasteiger charge is -2.06. The van der Waals surface area contributed by atoms with E-state index in [-0.39, 0.29) is 0 Å². The van der Waals surface area contributed by atoms with Crippen LogP contribution >= 0.6 is 0 Å². The molecule has 0 spiro atoms. The van der Waals surface area contributed by atoms with Crippen LogP contribution in [-0.2, 0) is 0 Å². The maximum atomic E-state index is 12.2. The number of halogens is 2. The Morgan fingerprint density at radius 2 is 2.03 bits per heavy atom. The Morgan fingerprint density at radius 1 is 1.21 bits per heavy atom. The monoisotopic (exact) mass is 393 g/mol. The Morgan fingerprint density at radius 3 is 2.79 bits per heavy atom. The molecule has 0 fully saturated rings. The molecule has 1 aromatic carbocycles. The largest absolute Gasteiger partial charge is 0.488 e. The van der Waals surface area contributed by atoms with Gasteiger partial charge in [-0.25, -0.2) is 13.3 Å². The van der Waals surface area contributed by atoms with E-state index in [1.54, 1.807) is 53.4 Å². The Kier molecular flexibility index (Phi) is 4.94. The van der Waals surface area contributed by atoms with E-state index >= 15 is 0 Å². The van der Waals surface area contributed by atoms with E-state index in [1.807, 2.05) is 6.07 Å². The minimum absolute atomic E-state index is 0.324. The molecule has 0 radical (unpaired) electrons. The van der Waals surface area contributed by atoms with Crippen LogP contribution in [0.2, 0.25) is 0 Å². The van der Waals surface area contributed by atoms with E-state index < -0.39 is 13.0 Å². The molecule has 0 bridgehead atoms. The highest BCUT2D eigenvalue weighted by Gasteiger charge is 2.12. The normalized spacial score (nSPS) is 10.8. The Balaban J connectivity index is 1.59. The number of aromatic nitrogens is 5. The molecule has 0 atom stereocenters. The van der Waals surface area contributed by atoms with Crippen molar-refractivity contribution in [1.82, 2.24) is 24.6 Å². The number of benzene rings is 1. The van der Waals surface area contributed by atoms with Crippen LogP contribution in [0.15, 0.2) is 55.1 Å².